The zero-order valence-electron chi connectivity index (χ0n) is 6.88. The summed E-state index contributed by atoms with van der Waals surface area (Å²) in [5.74, 6) is 0.924. The van der Waals surface area contributed by atoms with Crippen molar-refractivity contribution in [3.8, 4) is 0 Å². The predicted octanol–water partition coefficient (Wildman–Crippen LogP) is 2.21. The van der Waals surface area contributed by atoms with Crippen LogP contribution in [0.5, 0.6) is 0 Å². The first-order chi connectivity index (χ1) is 5.36. The molecule has 0 aromatic carbocycles. The molecule has 1 saturated carbocycles. The van der Waals surface area contributed by atoms with E-state index in [1.165, 1.54) is 12.8 Å². The third-order valence-electron chi connectivity index (χ3n) is 2.39. The molecule has 0 N–H and O–H groups in total. The maximum absolute atomic E-state index is 5.63. The van der Waals surface area contributed by atoms with Crippen LogP contribution in [0.25, 0.3) is 0 Å². The van der Waals surface area contributed by atoms with Crippen molar-refractivity contribution >= 4 is 0 Å². The van der Waals surface area contributed by atoms with Gasteiger partial charge in [0, 0.05) is 0 Å². The van der Waals surface area contributed by atoms with E-state index in [1.807, 2.05) is 6.92 Å². The Kier molecular flexibility index (Phi) is 1.76. The third kappa shape index (κ3) is 1.35. The highest BCUT2D eigenvalue weighted by Gasteiger charge is 2.30. The highest BCUT2D eigenvalue weighted by atomic mass is 16.6. The van der Waals surface area contributed by atoms with Crippen molar-refractivity contribution in [1.29, 1.82) is 0 Å². The first-order valence-electron chi connectivity index (χ1n) is 4.35. The second kappa shape index (κ2) is 2.76. The lowest BCUT2D eigenvalue weighted by Gasteiger charge is -2.34. The van der Waals surface area contributed by atoms with E-state index in [0.717, 1.165) is 18.6 Å². The SMILES string of the molecule is CC1=CO[C@H]2CCCC[C@@H]2O1. The second-order valence-corrected chi connectivity index (χ2v) is 3.34. The van der Waals surface area contributed by atoms with Crippen LogP contribution in [-0.2, 0) is 9.47 Å². The van der Waals surface area contributed by atoms with Crippen LogP contribution in [0.15, 0.2) is 12.0 Å². The van der Waals surface area contributed by atoms with E-state index in [4.69, 9.17) is 9.47 Å². The lowest BCUT2D eigenvalue weighted by atomic mass is 9.94. The first-order valence-corrected chi connectivity index (χ1v) is 4.35. The van der Waals surface area contributed by atoms with Crippen LogP contribution in [-0.4, -0.2) is 12.2 Å². The largest absolute Gasteiger partial charge is 0.491 e. The molecule has 1 aliphatic heterocycles. The van der Waals surface area contributed by atoms with Crippen LogP contribution in [0.4, 0.5) is 0 Å². The number of hydrogen-bond donors (Lipinski definition) is 0. The van der Waals surface area contributed by atoms with Crippen molar-refractivity contribution in [2.75, 3.05) is 0 Å². The molecule has 2 nitrogen and oxygen atoms in total. The van der Waals surface area contributed by atoms with Crippen molar-refractivity contribution in [1.82, 2.24) is 0 Å². The smallest absolute Gasteiger partial charge is 0.135 e. The molecule has 0 unspecified atom stereocenters. The summed E-state index contributed by atoms with van der Waals surface area (Å²) in [5.41, 5.74) is 0. The minimum absolute atomic E-state index is 0.340. The molecule has 0 bridgehead atoms. The quantitative estimate of drug-likeness (QED) is 0.532. The van der Waals surface area contributed by atoms with Crippen LogP contribution >= 0.6 is 0 Å². The Labute approximate surface area is 67.2 Å². The van der Waals surface area contributed by atoms with Gasteiger partial charge in [-0.05, 0) is 32.6 Å². The van der Waals surface area contributed by atoms with Gasteiger partial charge < -0.3 is 9.47 Å². The average molecular weight is 154 g/mol. The van der Waals surface area contributed by atoms with Crippen molar-refractivity contribution < 1.29 is 9.47 Å². The minimum Gasteiger partial charge on any atom is -0.491 e. The van der Waals surface area contributed by atoms with Gasteiger partial charge in [-0.2, -0.15) is 0 Å². The van der Waals surface area contributed by atoms with Crippen LogP contribution in [0.1, 0.15) is 32.6 Å². The summed E-state index contributed by atoms with van der Waals surface area (Å²) < 4.78 is 11.1. The fourth-order valence-electron chi connectivity index (χ4n) is 1.80. The van der Waals surface area contributed by atoms with Crippen molar-refractivity contribution in [2.24, 2.45) is 0 Å². The van der Waals surface area contributed by atoms with Gasteiger partial charge in [-0.1, -0.05) is 0 Å². The molecule has 0 radical (unpaired) electrons. The van der Waals surface area contributed by atoms with Gasteiger partial charge in [-0.15, -0.1) is 0 Å². The molecule has 11 heavy (non-hydrogen) atoms. The summed E-state index contributed by atoms with van der Waals surface area (Å²) in [6.45, 7) is 1.95. The normalized spacial score (nSPS) is 36.3. The molecule has 1 fully saturated rings. The molecule has 0 aromatic heterocycles. The van der Waals surface area contributed by atoms with Gasteiger partial charge >= 0.3 is 0 Å². The van der Waals surface area contributed by atoms with Gasteiger partial charge in [0.15, 0.2) is 0 Å². The monoisotopic (exact) mass is 154 g/mol. The second-order valence-electron chi connectivity index (χ2n) is 3.34. The number of rotatable bonds is 0. The van der Waals surface area contributed by atoms with Gasteiger partial charge in [0.05, 0.1) is 0 Å². The fraction of sp³-hybridized carbons (Fsp3) is 0.778. The van der Waals surface area contributed by atoms with E-state index in [0.29, 0.717) is 12.2 Å². The zero-order valence-corrected chi connectivity index (χ0v) is 6.88. The van der Waals surface area contributed by atoms with E-state index in [2.05, 4.69) is 0 Å². The summed E-state index contributed by atoms with van der Waals surface area (Å²) in [7, 11) is 0. The summed E-state index contributed by atoms with van der Waals surface area (Å²) in [5, 5.41) is 0. The van der Waals surface area contributed by atoms with E-state index >= 15 is 0 Å². The Bertz CT molecular complexity index is 174. The van der Waals surface area contributed by atoms with Crippen molar-refractivity contribution in [3.05, 3.63) is 12.0 Å². The third-order valence-corrected chi connectivity index (χ3v) is 2.39. The minimum atomic E-state index is 0.340. The van der Waals surface area contributed by atoms with Crippen LogP contribution < -0.4 is 0 Å². The zero-order chi connectivity index (χ0) is 7.68. The Morgan fingerprint density at radius 3 is 2.82 bits per heavy atom. The summed E-state index contributed by atoms with van der Waals surface area (Å²) in [6, 6.07) is 0. The van der Waals surface area contributed by atoms with Gasteiger partial charge in [0.2, 0.25) is 0 Å². The Morgan fingerprint density at radius 2 is 2.00 bits per heavy atom. The van der Waals surface area contributed by atoms with Crippen LogP contribution in [0, 0.1) is 0 Å². The molecule has 0 saturated heterocycles. The molecule has 2 rings (SSSR count). The maximum Gasteiger partial charge on any atom is 0.135 e. The summed E-state index contributed by atoms with van der Waals surface area (Å²) >= 11 is 0. The van der Waals surface area contributed by atoms with Crippen molar-refractivity contribution in [3.63, 3.8) is 0 Å². The Balaban J connectivity index is 2.04. The average Bonchev–Trinajstić information content (AvgIpc) is 2.04. The van der Waals surface area contributed by atoms with E-state index in [9.17, 15) is 0 Å². The number of allylic oxidation sites excluding steroid dienone is 1. The molecule has 0 spiro atoms. The van der Waals surface area contributed by atoms with E-state index in [1.54, 1.807) is 6.26 Å². The molecule has 1 heterocycles. The van der Waals surface area contributed by atoms with Crippen molar-refractivity contribution in [2.45, 2.75) is 44.8 Å². The Morgan fingerprint density at radius 1 is 1.27 bits per heavy atom. The lowest BCUT2D eigenvalue weighted by molar-refractivity contribution is -0.0680. The molecular formula is C9H14O2. The van der Waals surface area contributed by atoms with Gasteiger partial charge in [0.25, 0.3) is 0 Å². The van der Waals surface area contributed by atoms with Crippen LogP contribution in [0.2, 0.25) is 0 Å². The molecule has 2 aliphatic rings. The highest BCUT2D eigenvalue weighted by Crippen LogP contribution is 2.28. The summed E-state index contributed by atoms with van der Waals surface area (Å²) in [4.78, 5) is 0. The molecule has 1 aliphatic carbocycles. The predicted molar refractivity (Wildman–Crippen MR) is 42.0 cm³/mol. The first kappa shape index (κ1) is 7.01. The molecular weight excluding hydrogens is 140 g/mol. The standard InChI is InChI=1S/C9H14O2/c1-7-6-10-8-4-2-3-5-9(8)11-7/h6,8-9H,2-5H2,1H3/t8-,9-/m0/s1. The van der Waals surface area contributed by atoms with E-state index < -0.39 is 0 Å². The Hall–Kier alpha value is -0.660. The topological polar surface area (TPSA) is 18.5 Å². The van der Waals surface area contributed by atoms with Gasteiger partial charge in [-0.25, -0.2) is 0 Å². The molecule has 62 valence electrons. The molecule has 2 heteroatoms. The number of ether oxygens (including phenoxy) is 2. The summed E-state index contributed by atoms with van der Waals surface area (Å²) in [6.07, 6.45) is 7.33. The van der Waals surface area contributed by atoms with Gasteiger partial charge in [-0.3, -0.25) is 0 Å². The molecule has 2 atom stereocenters. The lowest BCUT2D eigenvalue weighted by Crippen LogP contribution is -2.35. The number of fused-ring (bicyclic) bond motifs is 1. The van der Waals surface area contributed by atoms with Crippen LogP contribution in [0.3, 0.4) is 0 Å². The maximum atomic E-state index is 5.63. The number of hydrogen-bond acceptors (Lipinski definition) is 2. The molecule has 0 amide bonds. The van der Waals surface area contributed by atoms with Gasteiger partial charge in [0.1, 0.15) is 24.2 Å². The van der Waals surface area contributed by atoms with E-state index in [-0.39, 0.29) is 0 Å². The molecule has 0 aromatic rings. The fourth-order valence-corrected chi connectivity index (χ4v) is 1.80. The highest BCUT2D eigenvalue weighted by molar-refractivity contribution is 4.92.